The molecule has 0 bridgehead atoms. The first kappa shape index (κ1) is 26.9. The van der Waals surface area contributed by atoms with Crippen molar-refractivity contribution in [2.75, 3.05) is 46.2 Å². The van der Waals surface area contributed by atoms with Gasteiger partial charge in [0.05, 0.1) is 64.6 Å². The molecule has 2 aliphatic rings. The zero-order valence-electron chi connectivity index (χ0n) is 17.3. The molecule has 2 fully saturated rings. The van der Waals surface area contributed by atoms with Crippen LogP contribution in [0.4, 0.5) is 0 Å². The van der Waals surface area contributed by atoms with Gasteiger partial charge in [-0.05, 0) is 27.7 Å². The molecule has 0 radical (unpaired) electrons. The van der Waals surface area contributed by atoms with E-state index in [1.807, 2.05) is 6.92 Å². The summed E-state index contributed by atoms with van der Waals surface area (Å²) in [4.78, 5) is 9.60. The van der Waals surface area contributed by atoms with E-state index in [0.29, 0.717) is 25.4 Å². The molecule has 5 atom stereocenters. The molecule has 0 aromatic carbocycles. The molecule has 0 saturated carbocycles. The van der Waals surface area contributed by atoms with Crippen molar-refractivity contribution in [3.63, 3.8) is 0 Å². The molecule has 2 rings (SSSR count). The van der Waals surface area contributed by atoms with Crippen molar-refractivity contribution in [3.8, 4) is 0 Å². The summed E-state index contributed by atoms with van der Waals surface area (Å²) in [6.45, 7) is 14.0. The maximum absolute atomic E-state index is 9.60. The van der Waals surface area contributed by atoms with Gasteiger partial charge in [0.2, 0.25) is 0 Å². The standard InChI is InChI=1S/C9H20O4.C6H10O3.C4H6O2/c1-7(11)5-12-9(3)6-13-8(2)4-10;1(5-3-8-5)7-2-6-4-9-6;1-3(2)4(5)6/h7-11H,4-6H2,1-3H3;5-6H,1-4H2;1H2,2H3,(H,5,6). The van der Waals surface area contributed by atoms with Gasteiger partial charge in [0.25, 0.3) is 0 Å². The quantitative estimate of drug-likeness (QED) is 0.314. The number of carboxylic acid groups (broad SMARTS) is 1. The number of carbonyl (C=O) groups is 1. The van der Waals surface area contributed by atoms with E-state index in [-0.39, 0.29) is 24.4 Å². The van der Waals surface area contributed by atoms with Crippen LogP contribution < -0.4 is 0 Å². The van der Waals surface area contributed by atoms with E-state index < -0.39 is 12.1 Å². The largest absolute Gasteiger partial charge is 0.478 e. The lowest BCUT2D eigenvalue weighted by molar-refractivity contribution is -0.132. The molecule has 9 nitrogen and oxygen atoms in total. The molecule has 2 saturated heterocycles. The van der Waals surface area contributed by atoms with Crippen LogP contribution in [-0.2, 0) is 28.5 Å². The Morgan fingerprint density at radius 3 is 1.82 bits per heavy atom. The van der Waals surface area contributed by atoms with Crippen molar-refractivity contribution in [2.24, 2.45) is 0 Å². The van der Waals surface area contributed by atoms with E-state index in [0.717, 1.165) is 26.4 Å². The molecule has 0 aromatic heterocycles. The monoisotopic (exact) mass is 408 g/mol. The second-order valence-electron chi connectivity index (χ2n) is 6.85. The second kappa shape index (κ2) is 15.8. The highest BCUT2D eigenvalue weighted by Crippen LogP contribution is 2.12. The Kier molecular flexibility index (Phi) is 15.2. The highest BCUT2D eigenvalue weighted by atomic mass is 16.6. The van der Waals surface area contributed by atoms with Gasteiger partial charge in [0, 0.05) is 5.57 Å². The molecule has 0 spiro atoms. The highest BCUT2D eigenvalue weighted by molar-refractivity contribution is 5.84. The second-order valence-corrected chi connectivity index (χ2v) is 6.85. The van der Waals surface area contributed by atoms with Gasteiger partial charge in [-0.1, -0.05) is 6.58 Å². The van der Waals surface area contributed by atoms with Gasteiger partial charge in [0.1, 0.15) is 12.2 Å². The number of epoxide rings is 2. The summed E-state index contributed by atoms with van der Waals surface area (Å²) in [6, 6.07) is 0. The number of ether oxygens (including phenoxy) is 5. The van der Waals surface area contributed by atoms with Crippen LogP contribution >= 0.6 is 0 Å². The van der Waals surface area contributed by atoms with Crippen LogP contribution in [0.1, 0.15) is 27.7 Å². The average molecular weight is 408 g/mol. The number of aliphatic hydroxyl groups is 2. The van der Waals surface area contributed by atoms with Gasteiger partial charge in [-0.15, -0.1) is 0 Å². The van der Waals surface area contributed by atoms with Crippen LogP contribution in [0.3, 0.4) is 0 Å². The number of hydrogen-bond donors (Lipinski definition) is 3. The van der Waals surface area contributed by atoms with Crippen LogP contribution in [0.2, 0.25) is 0 Å². The minimum absolute atomic E-state index is 0.0170. The van der Waals surface area contributed by atoms with Crippen LogP contribution in [-0.4, -0.2) is 98.1 Å². The molecule has 166 valence electrons. The number of hydrogen-bond acceptors (Lipinski definition) is 8. The first-order valence-electron chi connectivity index (χ1n) is 9.37. The van der Waals surface area contributed by atoms with E-state index in [9.17, 15) is 4.79 Å². The molecular weight excluding hydrogens is 372 g/mol. The fourth-order valence-electron chi connectivity index (χ4n) is 1.36. The fraction of sp³-hybridized carbons (Fsp3) is 0.842. The van der Waals surface area contributed by atoms with E-state index >= 15 is 0 Å². The first-order chi connectivity index (χ1) is 13.1. The molecule has 0 aliphatic carbocycles. The fourth-order valence-corrected chi connectivity index (χ4v) is 1.36. The minimum atomic E-state index is -0.935. The smallest absolute Gasteiger partial charge is 0.330 e. The molecule has 2 heterocycles. The number of rotatable bonds is 12. The van der Waals surface area contributed by atoms with Gasteiger partial charge < -0.3 is 39.0 Å². The summed E-state index contributed by atoms with van der Waals surface area (Å²) in [5.74, 6) is -0.935. The predicted octanol–water partition coefficient (Wildman–Crippen LogP) is 0.617. The maximum atomic E-state index is 9.60. The normalized spacial score (nSPS) is 22.5. The number of aliphatic carboxylic acids is 1. The summed E-state index contributed by atoms with van der Waals surface area (Å²) >= 11 is 0. The summed E-state index contributed by atoms with van der Waals surface area (Å²) in [5.41, 5.74) is 0.176. The molecule has 2 aliphatic heterocycles. The Balaban J connectivity index is 0.000000419. The van der Waals surface area contributed by atoms with Crippen molar-refractivity contribution in [1.29, 1.82) is 0 Å². The zero-order chi connectivity index (χ0) is 21.5. The number of carboxylic acids is 1. The van der Waals surface area contributed by atoms with Crippen LogP contribution in [0.5, 0.6) is 0 Å². The molecule has 0 aromatic rings. The predicted molar refractivity (Wildman–Crippen MR) is 102 cm³/mol. The lowest BCUT2D eigenvalue weighted by atomic mass is 10.4. The molecule has 9 heteroatoms. The van der Waals surface area contributed by atoms with Crippen molar-refractivity contribution in [3.05, 3.63) is 12.2 Å². The van der Waals surface area contributed by atoms with Gasteiger partial charge in [-0.25, -0.2) is 4.79 Å². The Morgan fingerprint density at radius 1 is 1.07 bits per heavy atom. The summed E-state index contributed by atoms with van der Waals surface area (Å²) in [7, 11) is 0. The van der Waals surface area contributed by atoms with E-state index in [2.05, 4.69) is 6.58 Å². The van der Waals surface area contributed by atoms with Crippen LogP contribution in [0, 0.1) is 0 Å². The van der Waals surface area contributed by atoms with E-state index in [1.165, 1.54) is 6.92 Å². The Bertz CT molecular complexity index is 396. The summed E-state index contributed by atoms with van der Waals surface area (Å²) in [6.07, 6.45) is 0.131. The third-order valence-electron chi connectivity index (χ3n) is 3.27. The minimum Gasteiger partial charge on any atom is -0.478 e. The molecule has 3 N–H and O–H groups in total. The lowest BCUT2D eigenvalue weighted by Crippen LogP contribution is -2.24. The van der Waals surface area contributed by atoms with Crippen molar-refractivity contribution in [1.82, 2.24) is 0 Å². The average Bonchev–Trinajstić information content (AvgIpc) is 3.54. The number of aliphatic hydroxyl groups excluding tert-OH is 2. The van der Waals surface area contributed by atoms with Crippen molar-refractivity contribution < 1.29 is 43.8 Å². The van der Waals surface area contributed by atoms with Gasteiger partial charge in [-0.3, -0.25) is 0 Å². The first-order valence-corrected chi connectivity index (χ1v) is 9.37. The van der Waals surface area contributed by atoms with Crippen LogP contribution in [0.25, 0.3) is 0 Å². The van der Waals surface area contributed by atoms with Crippen molar-refractivity contribution >= 4 is 5.97 Å². The Labute approximate surface area is 167 Å². The van der Waals surface area contributed by atoms with E-state index in [1.54, 1.807) is 13.8 Å². The Hall–Kier alpha value is -1.07. The summed E-state index contributed by atoms with van der Waals surface area (Å²) < 4.78 is 25.6. The van der Waals surface area contributed by atoms with Gasteiger partial charge in [0.15, 0.2) is 0 Å². The third kappa shape index (κ3) is 19.7. The van der Waals surface area contributed by atoms with Gasteiger partial charge in [-0.2, -0.15) is 0 Å². The SMILES string of the molecule is C(OCC1CO1)C1CO1.C=C(C)C(=O)O.CC(O)COC(C)COC(C)CO. The lowest BCUT2D eigenvalue weighted by Gasteiger charge is -2.16. The van der Waals surface area contributed by atoms with Gasteiger partial charge >= 0.3 is 5.97 Å². The third-order valence-corrected chi connectivity index (χ3v) is 3.27. The zero-order valence-corrected chi connectivity index (χ0v) is 17.3. The molecular formula is C19H36O9. The van der Waals surface area contributed by atoms with Crippen molar-refractivity contribution in [2.45, 2.75) is 58.2 Å². The maximum Gasteiger partial charge on any atom is 0.330 e. The topological polar surface area (TPSA) is 131 Å². The molecule has 0 amide bonds. The molecule has 28 heavy (non-hydrogen) atoms. The molecule has 5 unspecified atom stereocenters. The highest BCUT2D eigenvalue weighted by Gasteiger charge is 2.26. The Morgan fingerprint density at radius 2 is 1.50 bits per heavy atom. The van der Waals surface area contributed by atoms with Crippen LogP contribution in [0.15, 0.2) is 12.2 Å². The summed E-state index contributed by atoms with van der Waals surface area (Å²) in [5, 5.41) is 25.5. The van der Waals surface area contributed by atoms with E-state index in [4.69, 9.17) is 39.0 Å².